The zero-order chi connectivity index (χ0) is 30.5. The van der Waals surface area contributed by atoms with E-state index in [1.807, 2.05) is 30.6 Å². The van der Waals surface area contributed by atoms with Gasteiger partial charge < -0.3 is 29.6 Å². The molecule has 3 heterocycles. The van der Waals surface area contributed by atoms with Crippen molar-refractivity contribution in [3.05, 3.63) is 102 Å². The molecule has 2 aromatic heterocycles. The van der Waals surface area contributed by atoms with Crippen LogP contribution in [-0.2, 0) is 17.8 Å². The second-order valence-corrected chi connectivity index (χ2v) is 12.3. The Hall–Kier alpha value is -4.47. The number of nitrogens with zero attached hydrogens (tertiary/aromatic N) is 5. The van der Waals surface area contributed by atoms with E-state index >= 15 is 0 Å². The Morgan fingerprint density at radius 2 is 1.53 bits per heavy atom. The number of imidazole rings is 1. The standard InChI is InChI=1S/C36H41N7O2/c1-44-20-21-45-31-14-12-29(13-15-31)39-35-40-33(42(24-27-8-4-2-5-9-27)25-28-10-6-3-7-11-28)32-34(41-35)43(26-38-32)30-22-36(23-30)16-18-37-19-17-36/h2-15,26,30,37H,16-25H2,1H3,(H,39,40,41). The van der Waals surface area contributed by atoms with E-state index in [0.717, 1.165) is 41.5 Å². The molecule has 1 saturated heterocycles. The van der Waals surface area contributed by atoms with Gasteiger partial charge in [-0.25, -0.2) is 4.98 Å². The lowest BCUT2D eigenvalue weighted by molar-refractivity contribution is 0.0304. The molecular weight excluding hydrogens is 562 g/mol. The molecule has 0 unspecified atom stereocenters. The Balaban J connectivity index is 1.25. The maximum Gasteiger partial charge on any atom is 0.231 e. The van der Waals surface area contributed by atoms with E-state index in [2.05, 4.69) is 80.8 Å². The number of hydrogen-bond acceptors (Lipinski definition) is 8. The average molecular weight is 604 g/mol. The number of aromatic nitrogens is 4. The largest absolute Gasteiger partial charge is 0.491 e. The van der Waals surface area contributed by atoms with Gasteiger partial charge in [-0.05, 0) is 79.6 Å². The van der Waals surface area contributed by atoms with Crippen LogP contribution in [0.2, 0.25) is 0 Å². The lowest BCUT2D eigenvalue weighted by Gasteiger charge is -2.50. The maximum atomic E-state index is 5.76. The van der Waals surface area contributed by atoms with E-state index in [0.29, 0.717) is 43.7 Å². The summed E-state index contributed by atoms with van der Waals surface area (Å²) in [5.74, 6) is 2.17. The van der Waals surface area contributed by atoms with E-state index in [9.17, 15) is 0 Å². The quantitative estimate of drug-likeness (QED) is 0.156. The van der Waals surface area contributed by atoms with Crippen molar-refractivity contribution in [2.24, 2.45) is 5.41 Å². The third kappa shape index (κ3) is 6.65. The summed E-state index contributed by atoms with van der Waals surface area (Å²) in [5.41, 5.74) is 5.47. The summed E-state index contributed by atoms with van der Waals surface area (Å²) in [6, 6.07) is 29.4. The van der Waals surface area contributed by atoms with Crippen molar-refractivity contribution in [3.8, 4) is 5.75 Å². The highest BCUT2D eigenvalue weighted by molar-refractivity contribution is 5.85. The summed E-state index contributed by atoms with van der Waals surface area (Å²) in [4.78, 5) is 17.5. The van der Waals surface area contributed by atoms with Crippen LogP contribution in [0.4, 0.5) is 17.5 Å². The highest BCUT2D eigenvalue weighted by atomic mass is 16.5. The molecule has 0 bridgehead atoms. The average Bonchev–Trinajstić information content (AvgIpc) is 3.49. The summed E-state index contributed by atoms with van der Waals surface area (Å²) in [5, 5.41) is 7.01. The molecule has 0 atom stereocenters. The fourth-order valence-corrected chi connectivity index (χ4v) is 6.77. The summed E-state index contributed by atoms with van der Waals surface area (Å²) in [6.45, 7) is 4.67. The van der Waals surface area contributed by atoms with Gasteiger partial charge in [-0.15, -0.1) is 0 Å². The molecule has 0 amide bonds. The minimum absolute atomic E-state index is 0.393. The van der Waals surface area contributed by atoms with Gasteiger partial charge in [0.05, 0.1) is 12.9 Å². The number of anilines is 3. The summed E-state index contributed by atoms with van der Waals surface area (Å²) in [7, 11) is 1.67. The van der Waals surface area contributed by atoms with Crippen LogP contribution in [0.15, 0.2) is 91.3 Å². The predicted molar refractivity (Wildman–Crippen MR) is 178 cm³/mol. The third-order valence-electron chi connectivity index (χ3n) is 9.20. The third-order valence-corrected chi connectivity index (χ3v) is 9.20. The molecule has 7 rings (SSSR count). The van der Waals surface area contributed by atoms with Crippen LogP contribution in [0, 0.1) is 5.41 Å². The van der Waals surface area contributed by atoms with Crippen LogP contribution in [0.25, 0.3) is 11.2 Å². The van der Waals surface area contributed by atoms with Gasteiger partial charge in [0.15, 0.2) is 17.0 Å². The highest BCUT2D eigenvalue weighted by Gasteiger charge is 2.45. The number of hydrogen-bond donors (Lipinski definition) is 2. The molecule has 9 heteroatoms. The smallest absolute Gasteiger partial charge is 0.231 e. The maximum absolute atomic E-state index is 5.76. The molecule has 2 aliphatic rings. The molecule has 5 aromatic rings. The van der Waals surface area contributed by atoms with Crippen molar-refractivity contribution in [2.75, 3.05) is 43.6 Å². The number of fused-ring (bicyclic) bond motifs is 1. The number of benzene rings is 3. The Morgan fingerprint density at radius 3 is 2.18 bits per heavy atom. The van der Waals surface area contributed by atoms with E-state index in [-0.39, 0.29) is 0 Å². The Bertz CT molecular complexity index is 1640. The zero-order valence-electron chi connectivity index (χ0n) is 25.9. The van der Waals surface area contributed by atoms with E-state index in [4.69, 9.17) is 24.4 Å². The van der Waals surface area contributed by atoms with Crippen molar-refractivity contribution < 1.29 is 9.47 Å². The molecule has 2 N–H and O–H groups in total. The Kier molecular flexibility index (Phi) is 8.62. The van der Waals surface area contributed by atoms with Gasteiger partial charge in [0.1, 0.15) is 12.4 Å². The van der Waals surface area contributed by atoms with Crippen LogP contribution < -0.4 is 20.3 Å². The highest BCUT2D eigenvalue weighted by Crippen LogP contribution is 2.54. The second-order valence-electron chi connectivity index (χ2n) is 12.3. The van der Waals surface area contributed by atoms with Gasteiger partial charge in [-0.1, -0.05) is 60.7 Å². The molecule has 9 nitrogen and oxygen atoms in total. The summed E-state index contributed by atoms with van der Waals surface area (Å²) < 4.78 is 13.2. The summed E-state index contributed by atoms with van der Waals surface area (Å²) >= 11 is 0. The molecule has 232 valence electrons. The van der Waals surface area contributed by atoms with Crippen molar-refractivity contribution in [1.82, 2.24) is 24.8 Å². The van der Waals surface area contributed by atoms with Crippen molar-refractivity contribution >= 4 is 28.6 Å². The van der Waals surface area contributed by atoms with Crippen LogP contribution in [-0.4, -0.2) is 52.9 Å². The number of methoxy groups -OCH3 is 1. The van der Waals surface area contributed by atoms with Gasteiger partial charge in [0, 0.05) is 31.9 Å². The number of nitrogens with one attached hydrogen (secondary N) is 2. The van der Waals surface area contributed by atoms with Crippen LogP contribution in [0.1, 0.15) is 42.9 Å². The molecule has 45 heavy (non-hydrogen) atoms. The number of rotatable bonds is 12. The number of ether oxygens (including phenoxy) is 2. The molecule has 1 spiro atoms. The van der Waals surface area contributed by atoms with Crippen LogP contribution in [0.5, 0.6) is 5.75 Å². The van der Waals surface area contributed by atoms with Gasteiger partial charge in [0.25, 0.3) is 0 Å². The molecular formula is C36H41N7O2. The lowest BCUT2D eigenvalue weighted by Crippen LogP contribution is -2.46. The van der Waals surface area contributed by atoms with Gasteiger partial charge in [-0.3, -0.25) is 0 Å². The molecule has 1 aliphatic carbocycles. The topological polar surface area (TPSA) is 89.4 Å². The predicted octanol–water partition coefficient (Wildman–Crippen LogP) is 6.51. The molecule has 1 saturated carbocycles. The molecule has 2 fully saturated rings. The van der Waals surface area contributed by atoms with Crippen LogP contribution in [0.3, 0.4) is 0 Å². The zero-order valence-corrected chi connectivity index (χ0v) is 25.9. The van der Waals surface area contributed by atoms with Crippen molar-refractivity contribution in [2.45, 2.75) is 44.8 Å². The lowest BCUT2D eigenvalue weighted by atomic mass is 9.60. The molecule has 3 aromatic carbocycles. The first-order valence-corrected chi connectivity index (χ1v) is 15.9. The minimum Gasteiger partial charge on any atom is -0.491 e. The Morgan fingerprint density at radius 1 is 0.867 bits per heavy atom. The summed E-state index contributed by atoms with van der Waals surface area (Å²) in [6.07, 6.45) is 6.82. The van der Waals surface area contributed by atoms with Crippen molar-refractivity contribution in [1.29, 1.82) is 0 Å². The first kappa shape index (κ1) is 29.3. The normalized spacial score (nSPS) is 16.0. The first-order valence-electron chi connectivity index (χ1n) is 15.9. The minimum atomic E-state index is 0.393. The van der Waals surface area contributed by atoms with Gasteiger partial charge in [-0.2, -0.15) is 9.97 Å². The first-order chi connectivity index (χ1) is 22.2. The van der Waals surface area contributed by atoms with E-state index in [1.165, 1.54) is 36.8 Å². The molecule has 0 radical (unpaired) electrons. The van der Waals surface area contributed by atoms with E-state index < -0.39 is 0 Å². The SMILES string of the molecule is COCCOc1ccc(Nc2nc(N(Cc3ccccc3)Cc3ccccc3)c3ncn(C4CC5(CCNCC5)C4)c3n2)cc1. The Labute approximate surface area is 264 Å². The second kappa shape index (κ2) is 13.3. The molecule has 1 aliphatic heterocycles. The fraction of sp³-hybridized carbons (Fsp3) is 0.361. The van der Waals surface area contributed by atoms with Gasteiger partial charge >= 0.3 is 0 Å². The van der Waals surface area contributed by atoms with Crippen LogP contribution >= 0.6 is 0 Å². The van der Waals surface area contributed by atoms with Gasteiger partial charge in [0.2, 0.25) is 5.95 Å². The van der Waals surface area contributed by atoms with Crippen molar-refractivity contribution in [3.63, 3.8) is 0 Å². The monoisotopic (exact) mass is 603 g/mol. The fourth-order valence-electron chi connectivity index (χ4n) is 6.77. The van der Waals surface area contributed by atoms with E-state index in [1.54, 1.807) is 7.11 Å². The number of piperidine rings is 1.